The van der Waals surface area contributed by atoms with Crippen LogP contribution in [0.5, 0.6) is 0 Å². The maximum atomic E-state index is 12.1. The van der Waals surface area contributed by atoms with Crippen molar-refractivity contribution in [3.05, 3.63) is 0 Å². The summed E-state index contributed by atoms with van der Waals surface area (Å²) in [5, 5.41) is 11.5. The largest absolute Gasteiger partial charge is 0.480 e. The summed E-state index contributed by atoms with van der Waals surface area (Å²) in [6.45, 7) is 6.61. The quantitative estimate of drug-likeness (QED) is 0.670. The molecule has 0 fully saturated rings. The summed E-state index contributed by atoms with van der Waals surface area (Å²) in [6.07, 6.45) is 2.72. The maximum Gasteiger partial charge on any atom is 0.328 e. The summed E-state index contributed by atoms with van der Waals surface area (Å²) in [5.74, 6) is -1.09. The third-order valence-electron chi connectivity index (χ3n) is 3.07. The van der Waals surface area contributed by atoms with Crippen molar-refractivity contribution in [2.45, 2.75) is 52.1 Å². The number of carbonyl (C=O) groups is 2. The lowest BCUT2D eigenvalue weighted by Crippen LogP contribution is -2.52. The molecule has 6 nitrogen and oxygen atoms in total. The number of amides is 2. The lowest BCUT2D eigenvalue weighted by atomic mass is 10.2. The van der Waals surface area contributed by atoms with Gasteiger partial charge >= 0.3 is 12.0 Å². The number of nitrogens with zero attached hydrogens (tertiary/aromatic N) is 1. The molecule has 0 aliphatic rings. The second-order valence-corrected chi connectivity index (χ2v) is 4.60. The van der Waals surface area contributed by atoms with Crippen molar-refractivity contribution in [3.63, 3.8) is 0 Å². The lowest BCUT2D eigenvalue weighted by molar-refractivity contribution is -0.140. The predicted octanol–water partition coefficient (Wildman–Crippen LogP) is 1.70. The Morgan fingerprint density at radius 1 is 1.37 bits per heavy atom. The monoisotopic (exact) mass is 274 g/mol. The number of aliphatic carboxylic acids is 1. The summed E-state index contributed by atoms with van der Waals surface area (Å²) in [4.78, 5) is 24.8. The summed E-state index contributed by atoms with van der Waals surface area (Å²) in [6, 6.07) is -1.26. The van der Waals surface area contributed by atoms with Crippen LogP contribution in [-0.2, 0) is 9.53 Å². The van der Waals surface area contributed by atoms with Crippen molar-refractivity contribution in [2.24, 2.45) is 0 Å². The van der Waals surface area contributed by atoms with Crippen LogP contribution in [0, 0.1) is 0 Å². The zero-order valence-electron chi connectivity index (χ0n) is 12.3. The second kappa shape index (κ2) is 9.61. The molecule has 0 spiro atoms. The zero-order valence-corrected chi connectivity index (χ0v) is 12.3. The summed E-state index contributed by atoms with van der Waals surface area (Å²) in [5.41, 5.74) is 0. The van der Waals surface area contributed by atoms with Crippen molar-refractivity contribution < 1.29 is 19.4 Å². The van der Waals surface area contributed by atoms with Gasteiger partial charge in [-0.1, -0.05) is 20.3 Å². The average molecular weight is 274 g/mol. The lowest BCUT2D eigenvalue weighted by Gasteiger charge is -2.30. The van der Waals surface area contributed by atoms with E-state index in [2.05, 4.69) is 12.2 Å². The normalized spacial score (nSPS) is 13.7. The van der Waals surface area contributed by atoms with Crippen molar-refractivity contribution in [2.75, 3.05) is 20.3 Å². The second-order valence-electron chi connectivity index (χ2n) is 4.60. The van der Waals surface area contributed by atoms with Crippen LogP contribution in [0.3, 0.4) is 0 Å². The number of ether oxygens (including phenoxy) is 1. The first-order chi connectivity index (χ1) is 8.97. The van der Waals surface area contributed by atoms with Gasteiger partial charge in [0, 0.05) is 19.7 Å². The predicted molar refractivity (Wildman–Crippen MR) is 73.2 cm³/mol. The molecule has 0 radical (unpaired) electrons. The summed E-state index contributed by atoms with van der Waals surface area (Å²) < 4.78 is 4.80. The van der Waals surface area contributed by atoms with Gasteiger partial charge in [0.15, 0.2) is 6.04 Å². The van der Waals surface area contributed by atoms with Gasteiger partial charge in [0.25, 0.3) is 0 Å². The Morgan fingerprint density at radius 2 is 2.00 bits per heavy atom. The minimum Gasteiger partial charge on any atom is -0.480 e. The molecule has 2 atom stereocenters. The number of nitrogens with one attached hydrogen (secondary N) is 1. The highest BCUT2D eigenvalue weighted by atomic mass is 16.5. The van der Waals surface area contributed by atoms with Gasteiger partial charge in [-0.15, -0.1) is 0 Å². The van der Waals surface area contributed by atoms with Crippen LogP contribution < -0.4 is 5.32 Å². The van der Waals surface area contributed by atoms with Crippen molar-refractivity contribution in [1.82, 2.24) is 10.2 Å². The number of urea groups is 1. The first-order valence-electron chi connectivity index (χ1n) is 6.76. The molecule has 0 aromatic rings. The minimum absolute atomic E-state index is 0.0385. The van der Waals surface area contributed by atoms with E-state index in [-0.39, 0.29) is 18.7 Å². The molecule has 0 aromatic heterocycles. The van der Waals surface area contributed by atoms with E-state index in [1.165, 1.54) is 7.11 Å². The van der Waals surface area contributed by atoms with Crippen LogP contribution in [0.15, 0.2) is 0 Å². The van der Waals surface area contributed by atoms with E-state index >= 15 is 0 Å². The molecule has 0 saturated heterocycles. The minimum atomic E-state index is -1.09. The Balaban J connectivity index is 4.63. The van der Waals surface area contributed by atoms with Gasteiger partial charge in [0.05, 0.1) is 6.61 Å². The standard InChI is InChI=1S/C13H26N2O4/c1-5-7-8-15(10(3)6-2)13(18)14-11(9-19-4)12(16)17/h10-11H,5-9H2,1-4H3,(H,14,18)(H,16,17). The molecule has 0 heterocycles. The first kappa shape index (κ1) is 17.7. The highest BCUT2D eigenvalue weighted by Gasteiger charge is 2.24. The number of carbonyl (C=O) groups excluding carboxylic acids is 1. The van der Waals surface area contributed by atoms with Crippen LogP contribution in [-0.4, -0.2) is 54.4 Å². The van der Waals surface area contributed by atoms with Gasteiger partial charge in [-0.2, -0.15) is 0 Å². The highest BCUT2D eigenvalue weighted by molar-refractivity contribution is 5.82. The Bertz CT molecular complexity index is 284. The smallest absolute Gasteiger partial charge is 0.328 e. The van der Waals surface area contributed by atoms with Gasteiger partial charge in [-0.05, 0) is 19.8 Å². The van der Waals surface area contributed by atoms with E-state index in [0.29, 0.717) is 6.54 Å². The topological polar surface area (TPSA) is 78.9 Å². The third kappa shape index (κ3) is 6.42. The summed E-state index contributed by atoms with van der Waals surface area (Å²) >= 11 is 0. The number of rotatable bonds is 9. The highest BCUT2D eigenvalue weighted by Crippen LogP contribution is 2.06. The molecule has 6 heteroatoms. The van der Waals surface area contributed by atoms with E-state index < -0.39 is 12.0 Å². The number of hydrogen-bond donors (Lipinski definition) is 2. The van der Waals surface area contributed by atoms with E-state index in [9.17, 15) is 9.59 Å². The van der Waals surface area contributed by atoms with Crippen LogP contribution >= 0.6 is 0 Å². The molecule has 0 saturated carbocycles. The van der Waals surface area contributed by atoms with Crippen molar-refractivity contribution in [3.8, 4) is 0 Å². The van der Waals surface area contributed by atoms with E-state index in [1.54, 1.807) is 4.90 Å². The van der Waals surface area contributed by atoms with Gasteiger partial charge in [0.1, 0.15) is 0 Å². The van der Waals surface area contributed by atoms with Gasteiger partial charge in [-0.25, -0.2) is 9.59 Å². The Kier molecular flexibility index (Phi) is 8.95. The average Bonchev–Trinajstić information content (AvgIpc) is 2.38. The number of carboxylic acid groups (broad SMARTS) is 1. The van der Waals surface area contributed by atoms with Gasteiger partial charge < -0.3 is 20.1 Å². The van der Waals surface area contributed by atoms with E-state index in [1.807, 2.05) is 13.8 Å². The molecule has 2 unspecified atom stereocenters. The molecule has 0 aromatic carbocycles. The van der Waals surface area contributed by atoms with Gasteiger partial charge in [0.2, 0.25) is 0 Å². The molecule has 0 aliphatic carbocycles. The van der Waals surface area contributed by atoms with Crippen molar-refractivity contribution >= 4 is 12.0 Å². The molecule has 0 bridgehead atoms. The van der Waals surface area contributed by atoms with Crippen LogP contribution in [0.1, 0.15) is 40.0 Å². The number of carboxylic acids is 1. The van der Waals surface area contributed by atoms with Gasteiger partial charge in [-0.3, -0.25) is 0 Å². The third-order valence-corrected chi connectivity index (χ3v) is 3.07. The molecular weight excluding hydrogens is 248 g/mol. The maximum absolute atomic E-state index is 12.1. The summed E-state index contributed by atoms with van der Waals surface area (Å²) in [7, 11) is 1.41. The number of unbranched alkanes of at least 4 members (excludes halogenated alkanes) is 1. The van der Waals surface area contributed by atoms with E-state index in [0.717, 1.165) is 19.3 Å². The zero-order chi connectivity index (χ0) is 14.8. The molecule has 2 N–H and O–H groups in total. The van der Waals surface area contributed by atoms with Crippen LogP contribution in [0.4, 0.5) is 4.79 Å². The number of hydrogen-bond acceptors (Lipinski definition) is 3. The fraction of sp³-hybridized carbons (Fsp3) is 0.846. The molecular formula is C13H26N2O4. The Hall–Kier alpha value is -1.30. The fourth-order valence-corrected chi connectivity index (χ4v) is 1.64. The van der Waals surface area contributed by atoms with E-state index in [4.69, 9.17) is 9.84 Å². The SMILES string of the molecule is CCCCN(C(=O)NC(COC)C(=O)O)C(C)CC. The first-order valence-corrected chi connectivity index (χ1v) is 6.76. The molecule has 0 aliphatic heterocycles. The Morgan fingerprint density at radius 3 is 2.42 bits per heavy atom. The Labute approximate surface area is 115 Å². The fourth-order valence-electron chi connectivity index (χ4n) is 1.64. The molecule has 2 amide bonds. The van der Waals surface area contributed by atoms with Crippen LogP contribution in [0.2, 0.25) is 0 Å². The molecule has 19 heavy (non-hydrogen) atoms. The van der Waals surface area contributed by atoms with Crippen molar-refractivity contribution in [1.29, 1.82) is 0 Å². The van der Waals surface area contributed by atoms with Crippen LogP contribution in [0.25, 0.3) is 0 Å². The molecule has 0 rings (SSSR count). The number of methoxy groups -OCH3 is 1. The molecule has 112 valence electrons.